The Bertz CT molecular complexity index is 1070. The van der Waals surface area contributed by atoms with Gasteiger partial charge in [0.05, 0.1) is 6.04 Å². The Hall–Kier alpha value is -2.49. The summed E-state index contributed by atoms with van der Waals surface area (Å²) in [5.74, 6) is -1.05. The number of likely N-dealkylation sites (tertiary alicyclic amines) is 1. The zero-order valence-electron chi connectivity index (χ0n) is 20.7. The first-order valence-electron chi connectivity index (χ1n) is 12.8. The molecule has 4 atom stereocenters. The normalized spacial score (nSPS) is 28.6. The van der Waals surface area contributed by atoms with Crippen molar-refractivity contribution >= 4 is 17.4 Å². The summed E-state index contributed by atoms with van der Waals surface area (Å²) >= 11 is 0. The summed E-state index contributed by atoms with van der Waals surface area (Å²) in [6.07, 6.45) is 6.29. The highest BCUT2D eigenvalue weighted by Gasteiger charge is 2.58. The third kappa shape index (κ3) is 4.13. The molecule has 2 fully saturated rings. The van der Waals surface area contributed by atoms with E-state index in [2.05, 4.69) is 11.0 Å². The van der Waals surface area contributed by atoms with Crippen LogP contribution in [0.5, 0.6) is 0 Å². The number of hydrogen-bond acceptors (Lipinski definition) is 6. The molecule has 190 valence electrons. The lowest BCUT2D eigenvalue weighted by Gasteiger charge is -2.38. The van der Waals surface area contributed by atoms with Crippen LogP contribution in [0.3, 0.4) is 0 Å². The third-order valence-corrected chi connectivity index (χ3v) is 8.34. The van der Waals surface area contributed by atoms with Gasteiger partial charge in [0.1, 0.15) is 12.6 Å². The molecule has 2 saturated heterocycles. The number of aliphatic hydroxyl groups excluding tert-OH is 1. The number of amides is 2. The molecular weight excluding hydrogens is 448 g/mol. The fourth-order valence-corrected chi connectivity index (χ4v) is 6.49. The Morgan fingerprint density at radius 2 is 1.91 bits per heavy atom. The zero-order chi connectivity index (χ0) is 24.7. The number of carbonyl (C=O) groups excluding carboxylic acids is 2. The quantitative estimate of drug-likeness (QED) is 0.662. The van der Waals surface area contributed by atoms with Gasteiger partial charge >= 0.3 is 0 Å². The molecule has 5 rings (SSSR count). The summed E-state index contributed by atoms with van der Waals surface area (Å²) in [5, 5.41) is 10.5. The number of aromatic nitrogens is 1. The van der Waals surface area contributed by atoms with E-state index >= 15 is 0 Å². The minimum absolute atomic E-state index is 0.0391. The minimum atomic E-state index is -0.759. The van der Waals surface area contributed by atoms with Gasteiger partial charge in [0.2, 0.25) is 11.8 Å². The second-order valence-corrected chi connectivity index (χ2v) is 10.3. The molecular formula is C26H36N4O5. The van der Waals surface area contributed by atoms with Crippen molar-refractivity contribution in [1.82, 2.24) is 19.3 Å². The van der Waals surface area contributed by atoms with Crippen molar-refractivity contribution in [1.29, 1.82) is 0 Å². The lowest BCUT2D eigenvalue weighted by atomic mass is 9.88. The number of piperazine rings is 1. The van der Waals surface area contributed by atoms with Gasteiger partial charge in [0, 0.05) is 69.5 Å². The van der Waals surface area contributed by atoms with Gasteiger partial charge in [-0.05, 0) is 50.4 Å². The fraction of sp³-hybridized carbons (Fsp3) is 0.654. The number of ether oxygens (including phenoxy) is 1. The molecule has 1 aromatic heterocycles. The van der Waals surface area contributed by atoms with Crippen LogP contribution in [-0.2, 0) is 20.9 Å². The molecule has 0 unspecified atom stereocenters. The van der Waals surface area contributed by atoms with Gasteiger partial charge in [-0.3, -0.25) is 14.4 Å². The van der Waals surface area contributed by atoms with Crippen molar-refractivity contribution in [3.63, 3.8) is 0 Å². The maximum absolute atomic E-state index is 13.8. The standard InChI is InChI=1S/C26H36N4O5/c1-27-10-12-28(13-11-27)26(34)24-20(15-31)19-14-29-21(23(19)30(24)22(32)16-35-2)9-8-18(25(29)33)17-6-4-3-5-7-17/h6,8-9,19-20,23-24,31H,3-5,7,10-16H2,1-2H3/t19-,20-,23+,24-/m0/s1. The van der Waals surface area contributed by atoms with Crippen LogP contribution >= 0.6 is 0 Å². The number of allylic oxidation sites excluding steroid dienone is 2. The van der Waals surface area contributed by atoms with E-state index in [1.165, 1.54) is 7.11 Å². The zero-order valence-corrected chi connectivity index (χ0v) is 20.7. The molecule has 2 amide bonds. The SMILES string of the molecule is COCC(=O)N1[C@H](C(=O)N2CCN(C)CC2)[C@@H](CO)[C@@H]2Cn3c(ccc(C4=CCCCC4)c3=O)[C@@H]21. The summed E-state index contributed by atoms with van der Waals surface area (Å²) in [5.41, 5.74) is 2.54. The van der Waals surface area contributed by atoms with Crippen LogP contribution < -0.4 is 5.56 Å². The molecule has 9 nitrogen and oxygen atoms in total. The number of carbonyl (C=O) groups is 2. The van der Waals surface area contributed by atoms with E-state index in [0.717, 1.165) is 55.6 Å². The second kappa shape index (κ2) is 9.87. The summed E-state index contributed by atoms with van der Waals surface area (Å²) in [7, 11) is 3.49. The highest BCUT2D eigenvalue weighted by Crippen LogP contribution is 2.49. The van der Waals surface area contributed by atoms with Gasteiger partial charge in [-0.2, -0.15) is 0 Å². The number of pyridine rings is 1. The van der Waals surface area contributed by atoms with Gasteiger partial charge in [-0.25, -0.2) is 0 Å². The molecule has 9 heteroatoms. The molecule has 1 aliphatic carbocycles. The highest BCUT2D eigenvalue weighted by atomic mass is 16.5. The smallest absolute Gasteiger partial charge is 0.258 e. The molecule has 4 aliphatic rings. The molecule has 0 bridgehead atoms. The topological polar surface area (TPSA) is 95.3 Å². The maximum atomic E-state index is 13.8. The average molecular weight is 485 g/mol. The molecule has 0 radical (unpaired) electrons. The van der Waals surface area contributed by atoms with Crippen LogP contribution in [0.1, 0.15) is 43.0 Å². The van der Waals surface area contributed by atoms with Crippen LogP contribution in [0.4, 0.5) is 0 Å². The Labute approximate surface area is 205 Å². The summed E-state index contributed by atoms with van der Waals surface area (Å²) in [4.78, 5) is 46.2. The molecule has 4 heterocycles. The largest absolute Gasteiger partial charge is 0.396 e. The van der Waals surface area contributed by atoms with Gasteiger partial charge in [-0.1, -0.05) is 6.08 Å². The predicted octanol–water partition coefficient (Wildman–Crippen LogP) is 0.716. The first kappa shape index (κ1) is 24.2. The average Bonchev–Trinajstić information content (AvgIpc) is 3.40. The van der Waals surface area contributed by atoms with Crippen molar-refractivity contribution in [2.24, 2.45) is 11.8 Å². The van der Waals surface area contributed by atoms with Crippen molar-refractivity contribution in [3.05, 3.63) is 39.8 Å². The van der Waals surface area contributed by atoms with Crippen LogP contribution in [0.2, 0.25) is 0 Å². The minimum Gasteiger partial charge on any atom is -0.396 e. The fourth-order valence-electron chi connectivity index (χ4n) is 6.49. The van der Waals surface area contributed by atoms with E-state index < -0.39 is 18.0 Å². The van der Waals surface area contributed by atoms with Crippen molar-refractivity contribution < 1.29 is 19.4 Å². The number of fused-ring (bicyclic) bond motifs is 3. The number of likely N-dealkylation sites (N-methyl/N-ethyl adjacent to an activating group) is 1. The number of nitrogens with zero attached hydrogens (tertiary/aromatic N) is 4. The highest BCUT2D eigenvalue weighted by molar-refractivity contribution is 5.90. The van der Waals surface area contributed by atoms with Crippen molar-refractivity contribution in [2.45, 2.75) is 44.3 Å². The van der Waals surface area contributed by atoms with E-state index in [-0.39, 0.29) is 36.5 Å². The molecule has 3 aliphatic heterocycles. The van der Waals surface area contributed by atoms with Gasteiger partial charge in [0.15, 0.2) is 0 Å². The molecule has 0 saturated carbocycles. The number of rotatable bonds is 5. The van der Waals surface area contributed by atoms with Crippen LogP contribution in [0.25, 0.3) is 5.57 Å². The maximum Gasteiger partial charge on any atom is 0.258 e. The van der Waals surface area contributed by atoms with E-state index in [1.807, 2.05) is 24.1 Å². The third-order valence-electron chi connectivity index (χ3n) is 8.34. The van der Waals surface area contributed by atoms with Crippen molar-refractivity contribution in [3.8, 4) is 0 Å². The molecule has 1 N–H and O–H groups in total. The van der Waals surface area contributed by atoms with Crippen LogP contribution in [0.15, 0.2) is 23.0 Å². The number of methoxy groups -OCH3 is 1. The van der Waals surface area contributed by atoms with Crippen LogP contribution in [-0.4, -0.2) is 95.8 Å². The van der Waals surface area contributed by atoms with E-state index in [4.69, 9.17) is 4.74 Å². The summed E-state index contributed by atoms with van der Waals surface area (Å²) in [6, 6.07) is 2.64. The Morgan fingerprint density at radius 3 is 2.57 bits per heavy atom. The van der Waals surface area contributed by atoms with Crippen LogP contribution in [0, 0.1) is 11.8 Å². The Morgan fingerprint density at radius 1 is 1.14 bits per heavy atom. The first-order chi connectivity index (χ1) is 17.0. The van der Waals surface area contributed by atoms with Crippen molar-refractivity contribution in [2.75, 3.05) is 53.6 Å². The van der Waals surface area contributed by atoms with Gasteiger partial charge in [0.25, 0.3) is 5.56 Å². The Balaban J connectivity index is 1.53. The van der Waals surface area contributed by atoms with Gasteiger partial charge in [-0.15, -0.1) is 0 Å². The van der Waals surface area contributed by atoms with E-state index in [9.17, 15) is 19.5 Å². The van der Waals surface area contributed by atoms with E-state index in [0.29, 0.717) is 19.6 Å². The molecule has 0 aromatic carbocycles. The summed E-state index contributed by atoms with van der Waals surface area (Å²) in [6.45, 7) is 2.77. The first-order valence-corrected chi connectivity index (χ1v) is 12.8. The monoisotopic (exact) mass is 484 g/mol. The Kier molecular flexibility index (Phi) is 6.83. The molecule has 35 heavy (non-hydrogen) atoms. The lowest BCUT2D eigenvalue weighted by molar-refractivity contribution is -0.150. The van der Waals surface area contributed by atoms with Gasteiger partial charge < -0.3 is 29.1 Å². The summed E-state index contributed by atoms with van der Waals surface area (Å²) < 4.78 is 6.94. The number of aliphatic hydroxyl groups is 1. The lowest BCUT2D eigenvalue weighted by Crippen LogP contribution is -2.56. The molecule has 0 spiro atoms. The predicted molar refractivity (Wildman–Crippen MR) is 131 cm³/mol. The molecule has 1 aromatic rings. The van der Waals surface area contributed by atoms with E-state index in [1.54, 1.807) is 9.47 Å². The number of hydrogen-bond donors (Lipinski definition) is 1. The second-order valence-electron chi connectivity index (χ2n) is 10.3.